The summed E-state index contributed by atoms with van der Waals surface area (Å²) in [6.07, 6.45) is 0.373. The predicted octanol–water partition coefficient (Wildman–Crippen LogP) is 3.14. The Bertz CT molecular complexity index is 582. The Hall–Kier alpha value is -1.68. The van der Waals surface area contributed by atoms with Gasteiger partial charge in [0.2, 0.25) is 0 Å². The van der Waals surface area contributed by atoms with Crippen molar-refractivity contribution in [2.45, 2.75) is 32.3 Å². The van der Waals surface area contributed by atoms with Crippen LogP contribution in [0.3, 0.4) is 0 Å². The molecule has 0 radical (unpaired) electrons. The molecule has 2 aromatic carbocycles. The van der Waals surface area contributed by atoms with Crippen LogP contribution in [0.15, 0.2) is 54.6 Å². The van der Waals surface area contributed by atoms with Gasteiger partial charge in [0.15, 0.2) is 0 Å². The fourth-order valence-electron chi connectivity index (χ4n) is 3.03. The summed E-state index contributed by atoms with van der Waals surface area (Å²) in [6, 6.07) is 18.6. The minimum atomic E-state index is 0.102. The summed E-state index contributed by atoms with van der Waals surface area (Å²) >= 11 is 0. The highest BCUT2D eigenvalue weighted by Crippen LogP contribution is 2.26. The van der Waals surface area contributed by atoms with Crippen LogP contribution in [0.25, 0.3) is 0 Å². The van der Waals surface area contributed by atoms with E-state index in [0.717, 1.165) is 25.2 Å². The van der Waals surface area contributed by atoms with Crippen molar-refractivity contribution in [3.63, 3.8) is 0 Å². The topological polar surface area (TPSA) is 32.7 Å². The SMILES string of the molecule is CC1CN(Cc2ccc(CO)cc2)CC(c2ccccc2)O1. The third-order valence-corrected chi connectivity index (χ3v) is 4.12. The normalized spacial score (nSPS) is 22.6. The number of morpholine rings is 1. The predicted molar refractivity (Wildman–Crippen MR) is 87.4 cm³/mol. The minimum Gasteiger partial charge on any atom is -0.392 e. The third kappa shape index (κ3) is 3.74. The zero-order valence-electron chi connectivity index (χ0n) is 13.0. The van der Waals surface area contributed by atoms with E-state index in [2.05, 4.69) is 48.2 Å². The molecule has 3 rings (SSSR count). The van der Waals surface area contributed by atoms with Gasteiger partial charge in [0.05, 0.1) is 18.8 Å². The molecule has 3 heteroatoms. The molecule has 1 saturated heterocycles. The molecule has 116 valence electrons. The molecule has 1 heterocycles. The smallest absolute Gasteiger partial charge is 0.0956 e. The highest BCUT2D eigenvalue weighted by molar-refractivity contribution is 5.22. The molecule has 0 saturated carbocycles. The van der Waals surface area contributed by atoms with Gasteiger partial charge in [-0.15, -0.1) is 0 Å². The highest BCUT2D eigenvalue weighted by Gasteiger charge is 2.26. The van der Waals surface area contributed by atoms with Crippen LogP contribution < -0.4 is 0 Å². The molecule has 22 heavy (non-hydrogen) atoms. The average Bonchev–Trinajstić information content (AvgIpc) is 2.56. The molecular weight excluding hydrogens is 274 g/mol. The van der Waals surface area contributed by atoms with Crippen molar-refractivity contribution >= 4 is 0 Å². The van der Waals surface area contributed by atoms with Crippen molar-refractivity contribution in [1.29, 1.82) is 0 Å². The zero-order valence-corrected chi connectivity index (χ0v) is 13.0. The Labute approximate surface area is 132 Å². The molecule has 0 aliphatic carbocycles. The summed E-state index contributed by atoms with van der Waals surface area (Å²) in [5.74, 6) is 0. The van der Waals surface area contributed by atoms with Crippen LogP contribution >= 0.6 is 0 Å². The van der Waals surface area contributed by atoms with Gasteiger partial charge in [-0.3, -0.25) is 4.90 Å². The van der Waals surface area contributed by atoms with E-state index in [1.54, 1.807) is 0 Å². The average molecular weight is 297 g/mol. The quantitative estimate of drug-likeness (QED) is 0.941. The standard InChI is InChI=1S/C19H23NO2/c1-15-11-20(12-16-7-9-17(14-21)10-8-16)13-19(22-15)18-5-3-2-4-6-18/h2-10,15,19,21H,11-14H2,1H3. The molecule has 0 bridgehead atoms. The summed E-state index contributed by atoms with van der Waals surface area (Å²) in [6.45, 7) is 5.02. The third-order valence-electron chi connectivity index (χ3n) is 4.12. The van der Waals surface area contributed by atoms with Crippen LogP contribution in [0.4, 0.5) is 0 Å². The van der Waals surface area contributed by atoms with E-state index < -0.39 is 0 Å². The molecule has 1 aliphatic heterocycles. The first-order valence-electron chi connectivity index (χ1n) is 7.86. The zero-order chi connectivity index (χ0) is 15.4. The number of hydrogen-bond donors (Lipinski definition) is 1. The van der Waals surface area contributed by atoms with Gasteiger partial charge in [-0.1, -0.05) is 54.6 Å². The summed E-state index contributed by atoms with van der Waals surface area (Å²) in [5, 5.41) is 9.12. The highest BCUT2D eigenvalue weighted by atomic mass is 16.5. The lowest BCUT2D eigenvalue weighted by Gasteiger charge is -2.37. The fraction of sp³-hybridized carbons (Fsp3) is 0.368. The number of rotatable bonds is 4. The van der Waals surface area contributed by atoms with Gasteiger partial charge in [-0.05, 0) is 23.6 Å². The Morgan fingerprint density at radius 3 is 2.36 bits per heavy atom. The van der Waals surface area contributed by atoms with E-state index in [-0.39, 0.29) is 18.8 Å². The lowest BCUT2D eigenvalue weighted by molar-refractivity contribution is -0.0814. The molecule has 0 spiro atoms. The number of benzene rings is 2. The maximum Gasteiger partial charge on any atom is 0.0956 e. The van der Waals surface area contributed by atoms with Crippen LogP contribution in [0.1, 0.15) is 29.7 Å². The largest absolute Gasteiger partial charge is 0.392 e. The van der Waals surface area contributed by atoms with Crippen LogP contribution in [-0.2, 0) is 17.9 Å². The van der Waals surface area contributed by atoms with Gasteiger partial charge >= 0.3 is 0 Å². The van der Waals surface area contributed by atoms with Crippen LogP contribution in [0.5, 0.6) is 0 Å². The Morgan fingerprint density at radius 1 is 1.00 bits per heavy atom. The number of aliphatic hydroxyl groups is 1. The number of ether oxygens (including phenoxy) is 1. The van der Waals surface area contributed by atoms with Crippen molar-refractivity contribution in [1.82, 2.24) is 4.90 Å². The second-order valence-electron chi connectivity index (χ2n) is 6.01. The van der Waals surface area contributed by atoms with E-state index in [1.807, 2.05) is 18.2 Å². The van der Waals surface area contributed by atoms with Gasteiger partial charge in [0.1, 0.15) is 0 Å². The van der Waals surface area contributed by atoms with Crippen molar-refractivity contribution < 1.29 is 9.84 Å². The molecule has 2 aromatic rings. The van der Waals surface area contributed by atoms with E-state index in [1.165, 1.54) is 11.1 Å². The molecule has 2 atom stereocenters. The fourth-order valence-corrected chi connectivity index (χ4v) is 3.03. The molecule has 2 unspecified atom stereocenters. The molecule has 1 aliphatic rings. The summed E-state index contributed by atoms with van der Waals surface area (Å²) in [4.78, 5) is 2.44. The van der Waals surface area contributed by atoms with Crippen molar-refractivity contribution in [2.75, 3.05) is 13.1 Å². The van der Waals surface area contributed by atoms with Crippen LogP contribution in [0, 0.1) is 0 Å². The van der Waals surface area contributed by atoms with Crippen molar-refractivity contribution in [3.8, 4) is 0 Å². The summed E-state index contributed by atoms with van der Waals surface area (Å²) in [5.41, 5.74) is 3.48. The Kier molecular flexibility index (Phi) is 4.88. The number of hydrogen-bond acceptors (Lipinski definition) is 3. The Morgan fingerprint density at radius 2 is 1.68 bits per heavy atom. The van der Waals surface area contributed by atoms with Crippen molar-refractivity contribution in [3.05, 3.63) is 71.3 Å². The van der Waals surface area contributed by atoms with E-state index in [4.69, 9.17) is 9.84 Å². The van der Waals surface area contributed by atoms with Gasteiger partial charge in [0, 0.05) is 19.6 Å². The second kappa shape index (κ2) is 7.05. The molecule has 0 amide bonds. The number of nitrogens with zero attached hydrogens (tertiary/aromatic N) is 1. The van der Waals surface area contributed by atoms with Crippen LogP contribution in [0.2, 0.25) is 0 Å². The first-order chi connectivity index (χ1) is 10.7. The lowest BCUT2D eigenvalue weighted by Crippen LogP contribution is -2.42. The van der Waals surface area contributed by atoms with E-state index in [0.29, 0.717) is 0 Å². The van der Waals surface area contributed by atoms with E-state index in [9.17, 15) is 0 Å². The second-order valence-corrected chi connectivity index (χ2v) is 6.01. The monoisotopic (exact) mass is 297 g/mol. The molecular formula is C19H23NO2. The van der Waals surface area contributed by atoms with Crippen molar-refractivity contribution in [2.24, 2.45) is 0 Å². The van der Waals surface area contributed by atoms with Gasteiger partial charge in [-0.2, -0.15) is 0 Å². The minimum absolute atomic E-state index is 0.102. The molecule has 0 aromatic heterocycles. The lowest BCUT2D eigenvalue weighted by atomic mass is 10.1. The summed E-state index contributed by atoms with van der Waals surface area (Å²) < 4.78 is 6.10. The maximum absolute atomic E-state index is 9.12. The first-order valence-corrected chi connectivity index (χ1v) is 7.86. The maximum atomic E-state index is 9.12. The van der Waals surface area contributed by atoms with Gasteiger partial charge < -0.3 is 9.84 Å². The Balaban J connectivity index is 1.68. The molecule has 3 nitrogen and oxygen atoms in total. The summed E-state index contributed by atoms with van der Waals surface area (Å²) in [7, 11) is 0. The van der Waals surface area contributed by atoms with Gasteiger partial charge in [-0.25, -0.2) is 0 Å². The van der Waals surface area contributed by atoms with E-state index >= 15 is 0 Å². The molecule has 1 fully saturated rings. The van der Waals surface area contributed by atoms with Crippen LogP contribution in [-0.4, -0.2) is 29.2 Å². The molecule has 1 N–H and O–H groups in total. The number of aliphatic hydroxyl groups excluding tert-OH is 1. The first kappa shape index (κ1) is 15.2. The van der Waals surface area contributed by atoms with Gasteiger partial charge in [0.25, 0.3) is 0 Å².